The highest BCUT2D eigenvalue weighted by Crippen LogP contribution is 2.36. The molecule has 1 aliphatic rings. The summed E-state index contributed by atoms with van der Waals surface area (Å²) in [6, 6.07) is -1.27. The minimum atomic E-state index is -1.14. The molecule has 1 fully saturated rings. The molecule has 1 rings (SSSR count). The Morgan fingerprint density at radius 1 is 1.59 bits per heavy atom. The number of aliphatic hydroxyl groups is 1. The summed E-state index contributed by atoms with van der Waals surface area (Å²) in [5, 5.41) is 20.1. The van der Waals surface area contributed by atoms with Gasteiger partial charge in [-0.1, -0.05) is 6.42 Å². The first-order chi connectivity index (χ1) is 7.91. The van der Waals surface area contributed by atoms with Crippen LogP contribution < -0.4 is 11.1 Å². The maximum atomic E-state index is 12.0. The molecule has 6 heteroatoms. The van der Waals surface area contributed by atoms with E-state index in [1.54, 1.807) is 6.92 Å². The summed E-state index contributed by atoms with van der Waals surface area (Å²) in [6.07, 6.45) is 2.34. The molecule has 0 saturated heterocycles. The molecule has 0 spiro atoms. The number of rotatable bonds is 5. The van der Waals surface area contributed by atoms with Gasteiger partial charge in [0.15, 0.2) is 0 Å². The standard InChI is InChI=1S/C11H20N2O4/c1-11(5-2-3-8(11)12)10(17)13-7(4-6-14)9(15)16/h7-8,14H,2-6,12H2,1H3,(H,13,17)(H,15,16). The summed E-state index contributed by atoms with van der Waals surface area (Å²) >= 11 is 0. The first-order valence-corrected chi connectivity index (χ1v) is 5.82. The number of amides is 1. The molecular weight excluding hydrogens is 224 g/mol. The fraction of sp³-hybridized carbons (Fsp3) is 0.818. The van der Waals surface area contributed by atoms with Gasteiger partial charge in [-0.15, -0.1) is 0 Å². The molecule has 0 heterocycles. The van der Waals surface area contributed by atoms with Crippen LogP contribution in [-0.4, -0.2) is 40.8 Å². The number of aliphatic carboxylic acids is 1. The SMILES string of the molecule is CC1(C(=O)NC(CCO)C(=O)O)CCCC1N. The molecule has 6 nitrogen and oxygen atoms in total. The van der Waals surface area contributed by atoms with Crippen LogP contribution >= 0.6 is 0 Å². The number of hydrogen-bond donors (Lipinski definition) is 4. The van der Waals surface area contributed by atoms with Crippen molar-refractivity contribution >= 4 is 11.9 Å². The summed E-state index contributed by atoms with van der Waals surface area (Å²) in [5.41, 5.74) is 5.19. The van der Waals surface area contributed by atoms with E-state index in [4.69, 9.17) is 15.9 Å². The Morgan fingerprint density at radius 2 is 2.24 bits per heavy atom. The maximum Gasteiger partial charge on any atom is 0.326 e. The fourth-order valence-corrected chi connectivity index (χ4v) is 2.18. The third-order valence-corrected chi connectivity index (χ3v) is 3.57. The number of carbonyl (C=O) groups excluding carboxylic acids is 1. The average molecular weight is 244 g/mol. The topological polar surface area (TPSA) is 113 Å². The van der Waals surface area contributed by atoms with E-state index in [1.165, 1.54) is 0 Å². The van der Waals surface area contributed by atoms with Crippen LogP contribution in [0.15, 0.2) is 0 Å². The summed E-state index contributed by atoms with van der Waals surface area (Å²) in [5.74, 6) is -1.47. The third-order valence-electron chi connectivity index (χ3n) is 3.57. The lowest BCUT2D eigenvalue weighted by Crippen LogP contribution is -2.52. The van der Waals surface area contributed by atoms with E-state index in [9.17, 15) is 9.59 Å². The van der Waals surface area contributed by atoms with Crippen molar-refractivity contribution in [2.45, 2.75) is 44.7 Å². The van der Waals surface area contributed by atoms with Gasteiger partial charge in [-0.25, -0.2) is 4.79 Å². The number of carboxylic acids is 1. The van der Waals surface area contributed by atoms with Crippen molar-refractivity contribution in [3.63, 3.8) is 0 Å². The molecule has 0 bridgehead atoms. The monoisotopic (exact) mass is 244 g/mol. The summed E-state index contributed by atoms with van der Waals surface area (Å²) in [4.78, 5) is 22.9. The van der Waals surface area contributed by atoms with Crippen LogP contribution in [0.3, 0.4) is 0 Å². The highest BCUT2D eigenvalue weighted by Gasteiger charge is 2.43. The minimum absolute atomic E-state index is 0.00634. The first kappa shape index (κ1) is 13.9. The van der Waals surface area contributed by atoms with Crippen LogP contribution in [-0.2, 0) is 9.59 Å². The van der Waals surface area contributed by atoms with Gasteiger partial charge in [-0.2, -0.15) is 0 Å². The second-order valence-electron chi connectivity index (χ2n) is 4.79. The Hall–Kier alpha value is -1.14. The maximum absolute atomic E-state index is 12.0. The lowest BCUT2D eigenvalue weighted by atomic mass is 9.84. The van der Waals surface area contributed by atoms with E-state index in [2.05, 4.69) is 5.32 Å². The van der Waals surface area contributed by atoms with E-state index in [-0.39, 0.29) is 25.0 Å². The molecule has 1 aliphatic carbocycles. The first-order valence-electron chi connectivity index (χ1n) is 5.82. The molecule has 3 unspecified atom stereocenters. The molecule has 17 heavy (non-hydrogen) atoms. The normalized spacial score (nSPS) is 29.9. The Labute approximate surface area is 100 Å². The number of aliphatic hydroxyl groups excluding tert-OH is 1. The zero-order valence-electron chi connectivity index (χ0n) is 9.98. The van der Waals surface area contributed by atoms with E-state index < -0.39 is 17.4 Å². The summed E-state index contributed by atoms with van der Waals surface area (Å²) in [7, 11) is 0. The third kappa shape index (κ3) is 2.95. The largest absolute Gasteiger partial charge is 0.480 e. The Morgan fingerprint density at radius 3 is 2.65 bits per heavy atom. The quantitative estimate of drug-likeness (QED) is 0.518. The van der Waals surface area contributed by atoms with Crippen molar-refractivity contribution in [1.29, 1.82) is 0 Å². The second-order valence-corrected chi connectivity index (χ2v) is 4.79. The molecule has 0 radical (unpaired) electrons. The van der Waals surface area contributed by atoms with Crippen molar-refractivity contribution in [3.8, 4) is 0 Å². The van der Waals surface area contributed by atoms with Gasteiger partial charge in [-0.3, -0.25) is 4.79 Å². The summed E-state index contributed by atoms with van der Waals surface area (Å²) in [6.45, 7) is 1.48. The zero-order chi connectivity index (χ0) is 13.1. The molecule has 0 aromatic rings. The van der Waals surface area contributed by atoms with Gasteiger partial charge in [0.2, 0.25) is 5.91 Å². The van der Waals surface area contributed by atoms with Crippen LogP contribution in [0.5, 0.6) is 0 Å². The second kappa shape index (κ2) is 5.46. The zero-order valence-corrected chi connectivity index (χ0v) is 9.98. The number of nitrogens with one attached hydrogen (secondary N) is 1. The number of hydrogen-bond acceptors (Lipinski definition) is 4. The van der Waals surface area contributed by atoms with Crippen LogP contribution in [0.2, 0.25) is 0 Å². The minimum Gasteiger partial charge on any atom is -0.480 e. The predicted octanol–water partition coefficient (Wildman–Crippen LogP) is -0.544. The Bertz CT molecular complexity index is 308. The highest BCUT2D eigenvalue weighted by atomic mass is 16.4. The van der Waals surface area contributed by atoms with E-state index in [1.807, 2.05) is 0 Å². The molecule has 0 aliphatic heterocycles. The van der Waals surface area contributed by atoms with Gasteiger partial charge >= 0.3 is 5.97 Å². The van der Waals surface area contributed by atoms with E-state index in [0.717, 1.165) is 12.8 Å². The van der Waals surface area contributed by atoms with E-state index >= 15 is 0 Å². The van der Waals surface area contributed by atoms with Crippen LogP contribution in [0.1, 0.15) is 32.6 Å². The van der Waals surface area contributed by atoms with Crippen LogP contribution in [0.4, 0.5) is 0 Å². The Balaban J connectivity index is 2.66. The van der Waals surface area contributed by atoms with Gasteiger partial charge in [0, 0.05) is 19.1 Å². The average Bonchev–Trinajstić information content (AvgIpc) is 2.59. The number of nitrogens with two attached hydrogens (primary N) is 1. The van der Waals surface area contributed by atoms with Crippen molar-refractivity contribution in [1.82, 2.24) is 5.32 Å². The summed E-state index contributed by atoms with van der Waals surface area (Å²) < 4.78 is 0. The van der Waals surface area contributed by atoms with Crippen molar-refractivity contribution in [2.24, 2.45) is 11.1 Å². The van der Waals surface area contributed by atoms with Gasteiger partial charge < -0.3 is 21.3 Å². The van der Waals surface area contributed by atoms with Crippen molar-refractivity contribution in [3.05, 3.63) is 0 Å². The smallest absolute Gasteiger partial charge is 0.326 e. The highest BCUT2D eigenvalue weighted by molar-refractivity contribution is 5.88. The van der Waals surface area contributed by atoms with Crippen molar-refractivity contribution < 1.29 is 19.8 Å². The molecule has 0 aromatic carbocycles. The van der Waals surface area contributed by atoms with Gasteiger partial charge in [0.05, 0.1) is 5.41 Å². The van der Waals surface area contributed by atoms with Crippen LogP contribution in [0.25, 0.3) is 0 Å². The predicted molar refractivity (Wildman–Crippen MR) is 61.2 cm³/mol. The lowest BCUT2D eigenvalue weighted by molar-refractivity contribution is -0.144. The molecule has 3 atom stereocenters. The van der Waals surface area contributed by atoms with Crippen LogP contribution in [0, 0.1) is 5.41 Å². The molecular formula is C11H20N2O4. The molecule has 1 amide bonds. The molecule has 5 N–H and O–H groups in total. The van der Waals surface area contributed by atoms with Gasteiger partial charge in [0.25, 0.3) is 0 Å². The van der Waals surface area contributed by atoms with Crippen molar-refractivity contribution in [2.75, 3.05) is 6.61 Å². The molecule has 98 valence electrons. The number of carboxylic acid groups (broad SMARTS) is 1. The Kier molecular flexibility index (Phi) is 4.47. The van der Waals surface area contributed by atoms with Gasteiger partial charge in [-0.05, 0) is 19.8 Å². The lowest BCUT2D eigenvalue weighted by Gasteiger charge is -2.29. The molecule has 0 aromatic heterocycles. The van der Waals surface area contributed by atoms with E-state index in [0.29, 0.717) is 6.42 Å². The van der Waals surface area contributed by atoms with Gasteiger partial charge in [0.1, 0.15) is 6.04 Å². The molecule has 1 saturated carbocycles. The fourth-order valence-electron chi connectivity index (χ4n) is 2.18. The number of carbonyl (C=O) groups is 2.